The van der Waals surface area contributed by atoms with Gasteiger partial charge in [0.05, 0.1) is 23.8 Å². The van der Waals surface area contributed by atoms with Crippen LogP contribution in [0.25, 0.3) is 10.9 Å². The Kier molecular flexibility index (Phi) is 9.03. The number of carbonyl (C=O) groups excluding carboxylic acids is 2. The fraction of sp³-hybridized carbons (Fsp3) is 0.267. The number of aromatic nitrogens is 1. The minimum atomic E-state index is -3.60. The van der Waals surface area contributed by atoms with Gasteiger partial charge in [0.25, 0.3) is 0 Å². The van der Waals surface area contributed by atoms with Crippen LogP contribution in [0.2, 0.25) is 0 Å². The first-order valence-electron chi connectivity index (χ1n) is 12.8. The van der Waals surface area contributed by atoms with Gasteiger partial charge in [-0.25, -0.2) is 8.42 Å². The van der Waals surface area contributed by atoms with Crippen molar-refractivity contribution >= 4 is 32.6 Å². The lowest BCUT2D eigenvalue weighted by Gasteiger charge is -2.28. The Bertz CT molecular complexity index is 1530. The van der Waals surface area contributed by atoms with Crippen molar-refractivity contribution in [1.29, 1.82) is 0 Å². The number of aromatic amines is 1. The molecule has 0 saturated carbocycles. The van der Waals surface area contributed by atoms with Crippen LogP contribution in [0.5, 0.6) is 5.75 Å². The molecule has 4 rings (SSSR count). The summed E-state index contributed by atoms with van der Waals surface area (Å²) in [7, 11) is -2.02. The number of hydrogen-bond donors (Lipinski definition) is 2. The molecule has 204 valence electrons. The maximum atomic E-state index is 13.0. The molecule has 0 saturated heterocycles. The highest BCUT2D eigenvalue weighted by Crippen LogP contribution is 2.22. The number of H-pyrrole nitrogens is 1. The molecular formula is C30H33N3O5S. The van der Waals surface area contributed by atoms with E-state index in [1.807, 2.05) is 54.7 Å². The van der Waals surface area contributed by atoms with Crippen LogP contribution in [0, 0.1) is 0 Å². The molecule has 0 aliphatic carbocycles. The van der Waals surface area contributed by atoms with Gasteiger partial charge in [0, 0.05) is 49.1 Å². The smallest absolute Gasteiger partial charge is 0.221 e. The zero-order valence-electron chi connectivity index (χ0n) is 22.1. The van der Waals surface area contributed by atoms with Crippen LogP contribution in [0.1, 0.15) is 24.5 Å². The fourth-order valence-electron chi connectivity index (χ4n) is 4.61. The summed E-state index contributed by atoms with van der Waals surface area (Å²) in [6, 6.07) is 23.0. The number of carbonyl (C=O) groups is 2. The van der Waals surface area contributed by atoms with Crippen LogP contribution in [0.15, 0.2) is 90.0 Å². The second kappa shape index (κ2) is 12.6. The van der Waals surface area contributed by atoms with Crippen LogP contribution < -0.4 is 10.1 Å². The molecule has 1 atom stereocenters. The van der Waals surface area contributed by atoms with Crippen molar-refractivity contribution in [2.75, 3.05) is 19.4 Å². The van der Waals surface area contributed by atoms with Gasteiger partial charge in [-0.1, -0.05) is 54.6 Å². The molecule has 0 bridgehead atoms. The topological polar surface area (TPSA) is 109 Å². The lowest BCUT2D eigenvalue weighted by Crippen LogP contribution is -2.46. The van der Waals surface area contributed by atoms with E-state index in [-0.39, 0.29) is 35.4 Å². The summed E-state index contributed by atoms with van der Waals surface area (Å²) in [6.07, 6.45) is 2.17. The van der Waals surface area contributed by atoms with Crippen LogP contribution in [0.3, 0.4) is 0 Å². The van der Waals surface area contributed by atoms with Crippen molar-refractivity contribution in [3.05, 3.63) is 96.2 Å². The van der Waals surface area contributed by atoms with Gasteiger partial charge in [0.15, 0.2) is 9.84 Å². The molecule has 4 aromatic rings. The predicted octanol–water partition coefficient (Wildman–Crippen LogP) is 4.12. The van der Waals surface area contributed by atoms with Gasteiger partial charge in [-0.05, 0) is 36.2 Å². The van der Waals surface area contributed by atoms with Gasteiger partial charge in [-0.2, -0.15) is 0 Å². The van der Waals surface area contributed by atoms with Crippen LogP contribution >= 0.6 is 0 Å². The predicted molar refractivity (Wildman–Crippen MR) is 151 cm³/mol. The lowest BCUT2D eigenvalue weighted by atomic mass is 10.0. The van der Waals surface area contributed by atoms with Crippen molar-refractivity contribution in [1.82, 2.24) is 15.2 Å². The number of amides is 2. The first-order valence-corrected chi connectivity index (χ1v) is 14.4. The van der Waals surface area contributed by atoms with Gasteiger partial charge in [-0.3, -0.25) is 9.59 Å². The van der Waals surface area contributed by atoms with E-state index in [9.17, 15) is 18.0 Å². The Balaban J connectivity index is 1.53. The molecule has 3 aromatic carbocycles. The second-order valence-electron chi connectivity index (χ2n) is 9.42. The van der Waals surface area contributed by atoms with Crippen molar-refractivity contribution in [3.63, 3.8) is 0 Å². The molecule has 8 nitrogen and oxygen atoms in total. The molecule has 1 unspecified atom stereocenters. The average Bonchev–Trinajstić information content (AvgIpc) is 3.35. The summed E-state index contributed by atoms with van der Waals surface area (Å²) in [5, 5.41) is 4.03. The molecule has 0 radical (unpaired) electrons. The number of ether oxygens (including phenoxy) is 1. The van der Waals surface area contributed by atoms with Gasteiger partial charge in [-0.15, -0.1) is 0 Å². The van der Waals surface area contributed by atoms with Crippen molar-refractivity contribution in [2.45, 2.75) is 37.2 Å². The highest BCUT2D eigenvalue weighted by molar-refractivity contribution is 7.91. The Morgan fingerprint density at radius 2 is 1.64 bits per heavy atom. The van der Waals surface area contributed by atoms with Gasteiger partial charge >= 0.3 is 0 Å². The number of methoxy groups -OCH3 is 1. The van der Waals surface area contributed by atoms with E-state index in [0.29, 0.717) is 18.7 Å². The molecule has 9 heteroatoms. The van der Waals surface area contributed by atoms with Crippen molar-refractivity contribution in [2.24, 2.45) is 0 Å². The molecule has 2 amide bonds. The number of hydrogen-bond acceptors (Lipinski definition) is 5. The molecule has 0 fully saturated rings. The molecule has 1 heterocycles. The fourth-order valence-corrected chi connectivity index (χ4v) is 5.87. The highest BCUT2D eigenvalue weighted by atomic mass is 32.2. The quantitative estimate of drug-likeness (QED) is 0.277. The summed E-state index contributed by atoms with van der Waals surface area (Å²) < 4.78 is 30.9. The summed E-state index contributed by atoms with van der Waals surface area (Å²) in [5.41, 5.74) is 2.82. The summed E-state index contributed by atoms with van der Waals surface area (Å²) in [6.45, 7) is 2.04. The number of rotatable bonds is 12. The monoisotopic (exact) mass is 547 g/mol. The minimum Gasteiger partial charge on any atom is -0.496 e. The summed E-state index contributed by atoms with van der Waals surface area (Å²) in [4.78, 5) is 30.8. The zero-order valence-corrected chi connectivity index (χ0v) is 22.9. The van der Waals surface area contributed by atoms with Crippen molar-refractivity contribution < 1.29 is 22.7 Å². The highest BCUT2D eigenvalue weighted by Gasteiger charge is 2.23. The number of nitrogens with zero attached hydrogens (tertiary/aromatic N) is 1. The van der Waals surface area contributed by atoms with Gasteiger partial charge in [0.1, 0.15) is 5.75 Å². The summed E-state index contributed by atoms with van der Waals surface area (Å²) >= 11 is 0. The molecule has 2 N–H and O–H groups in total. The van der Waals surface area contributed by atoms with E-state index in [1.165, 1.54) is 19.1 Å². The molecule has 1 aromatic heterocycles. The van der Waals surface area contributed by atoms with E-state index >= 15 is 0 Å². The third-order valence-corrected chi connectivity index (χ3v) is 8.38. The average molecular weight is 548 g/mol. The first kappa shape index (κ1) is 27.9. The zero-order chi connectivity index (χ0) is 27.8. The third-order valence-electron chi connectivity index (χ3n) is 6.65. The van der Waals surface area contributed by atoms with Crippen LogP contribution in [-0.4, -0.2) is 55.6 Å². The van der Waals surface area contributed by atoms with Crippen LogP contribution in [0.4, 0.5) is 0 Å². The van der Waals surface area contributed by atoms with E-state index in [1.54, 1.807) is 30.2 Å². The lowest BCUT2D eigenvalue weighted by molar-refractivity contribution is -0.130. The molecule has 0 aliphatic heterocycles. The molecule has 39 heavy (non-hydrogen) atoms. The van der Waals surface area contributed by atoms with Crippen molar-refractivity contribution in [3.8, 4) is 5.75 Å². The van der Waals surface area contributed by atoms with Gasteiger partial charge < -0.3 is 19.9 Å². The second-order valence-corrected chi connectivity index (χ2v) is 11.5. The van der Waals surface area contributed by atoms with E-state index in [2.05, 4.69) is 10.3 Å². The first-order chi connectivity index (χ1) is 18.8. The Labute approximate surface area is 228 Å². The standard InChI is InChI=1S/C30H33N3O5S/c1-22(34)33(20-23-10-6-9-15-29(23)38-2)21-25(18-24-19-31-28-14-8-7-13-27(24)28)32-30(35)16-17-39(36,37)26-11-4-3-5-12-26/h3-15,19,25,31H,16-18,20-21H2,1-2H3,(H,32,35). The number of para-hydroxylation sites is 2. The molecule has 0 spiro atoms. The SMILES string of the molecule is COc1ccccc1CN(CC(Cc1c[nH]c2ccccc12)NC(=O)CCS(=O)(=O)c1ccccc1)C(C)=O. The normalized spacial score (nSPS) is 12.2. The number of nitrogens with one attached hydrogen (secondary N) is 2. The Morgan fingerprint density at radius 3 is 2.38 bits per heavy atom. The molecule has 0 aliphatic rings. The largest absolute Gasteiger partial charge is 0.496 e. The molecular weight excluding hydrogens is 514 g/mol. The Hall–Kier alpha value is -4.11. The number of sulfone groups is 1. The van der Waals surface area contributed by atoms with E-state index in [4.69, 9.17) is 4.74 Å². The minimum absolute atomic E-state index is 0.147. The van der Waals surface area contributed by atoms with Gasteiger partial charge in [0.2, 0.25) is 11.8 Å². The number of benzene rings is 3. The van der Waals surface area contributed by atoms with E-state index < -0.39 is 15.9 Å². The van der Waals surface area contributed by atoms with E-state index in [0.717, 1.165) is 22.0 Å². The summed E-state index contributed by atoms with van der Waals surface area (Å²) in [5.74, 6) is -0.168. The maximum absolute atomic E-state index is 13.0. The maximum Gasteiger partial charge on any atom is 0.221 e. The number of fused-ring (bicyclic) bond motifs is 1. The van der Waals surface area contributed by atoms with Crippen LogP contribution in [-0.2, 0) is 32.4 Å². The Morgan fingerprint density at radius 1 is 0.949 bits per heavy atom. The third kappa shape index (κ3) is 7.26.